The number of esters is 1. The van der Waals surface area contributed by atoms with Crippen LogP contribution in [0.25, 0.3) is 0 Å². The first-order chi connectivity index (χ1) is 6.27. The van der Waals surface area contributed by atoms with E-state index in [4.69, 9.17) is 4.74 Å². The normalized spacial score (nSPS) is 12.7. The summed E-state index contributed by atoms with van der Waals surface area (Å²) < 4.78 is 4.78. The van der Waals surface area contributed by atoms with Crippen molar-refractivity contribution < 1.29 is 9.53 Å². The number of pyridine rings is 1. The molecular formula is C9H12N2O2. The van der Waals surface area contributed by atoms with Gasteiger partial charge in [-0.3, -0.25) is 4.98 Å². The Morgan fingerprint density at radius 2 is 2.23 bits per heavy atom. The number of hydrogen-bond acceptors (Lipinski definition) is 4. The van der Waals surface area contributed by atoms with Crippen molar-refractivity contribution in [1.29, 1.82) is 0 Å². The van der Waals surface area contributed by atoms with Gasteiger partial charge in [0.05, 0.1) is 11.3 Å². The number of nitrogens with two attached hydrogens (primary N) is 1. The summed E-state index contributed by atoms with van der Waals surface area (Å²) in [5.41, 5.74) is 6.85. The summed E-state index contributed by atoms with van der Waals surface area (Å²) in [7, 11) is 1.50. The molecule has 70 valence electrons. The standard InChI is InChI=1S/C8H7NO2.CH5N/c1-5-2-6-7(9-3-5)4-11-8(6)10;1-2/h2-3H,4H2,1H3;2H2,1H3. The smallest absolute Gasteiger partial charge is 0.340 e. The van der Waals surface area contributed by atoms with E-state index < -0.39 is 0 Å². The largest absolute Gasteiger partial charge is 0.456 e. The highest BCUT2D eigenvalue weighted by Gasteiger charge is 2.21. The number of ether oxygens (including phenoxy) is 1. The van der Waals surface area contributed by atoms with Gasteiger partial charge < -0.3 is 10.5 Å². The fraction of sp³-hybridized carbons (Fsp3) is 0.333. The van der Waals surface area contributed by atoms with Gasteiger partial charge >= 0.3 is 5.97 Å². The SMILES string of the molecule is CN.Cc1cnc2c(c1)C(=O)OC2. The third-order valence-electron chi connectivity index (χ3n) is 1.67. The van der Waals surface area contributed by atoms with E-state index in [1.165, 1.54) is 7.05 Å². The van der Waals surface area contributed by atoms with Crippen LogP contribution in [0, 0.1) is 6.92 Å². The van der Waals surface area contributed by atoms with Crippen LogP contribution in [0.4, 0.5) is 0 Å². The molecule has 2 heterocycles. The van der Waals surface area contributed by atoms with E-state index in [2.05, 4.69) is 10.7 Å². The van der Waals surface area contributed by atoms with Gasteiger partial charge in [-0.2, -0.15) is 0 Å². The first-order valence-electron chi connectivity index (χ1n) is 3.98. The predicted octanol–water partition coefficient (Wildman–Crippen LogP) is 0.635. The summed E-state index contributed by atoms with van der Waals surface area (Å²) >= 11 is 0. The minimum Gasteiger partial charge on any atom is -0.456 e. The highest BCUT2D eigenvalue weighted by Crippen LogP contribution is 2.17. The molecule has 0 saturated heterocycles. The van der Waals surface area contributed by atoms with E-state index in [9.17, 15) is 4.79 Å². The van der Waals surface area contributed by atoms with Gasteiger partial charge in [0.1, 0.15) is 6.61 Å². The molecule has 0 aliphatic carbocycles. The lowest BCUT2D eigenvalue weighted by molar-refractivity contribution is 0.0533. The summed E-state index contributed by atoms with van der Waals surface area (Å²) in [5, 5.41) is 0. The average molecular weight is 180 g/mol. The molecule has 0 unspecified atom stereocenters. The molecule has 13 heavy (non-hydrogen) atoms. The zero-order valence-electron chi connectivity index (χ0n) is 7.70. The number of hydrogen-bond donors (Lipinski definition) is 1. The maximum atomic E-state index is 11.0. The van der Waals surface area contributed by atoms with Crippen LogP contribution in [-0.2, 0) is 11.3 Å². The van der Waals surface area contributed by atoms with E-state index in [-0.39, 0.29) is 5.97 Å². The molecular weight excluding hydrogens is 168 g/mol. The summed E-state index contributed by atoms with van der Waals surface area (Å²) in [5.74, 6) is -0.254. The Labute approximate surface area is 76.7 Å². The maximum absolute atomic E-state index is 11.0. The number of cyclic esters (lactones) is 1. The van der Waals surface area contributed by atoms with Crippen molar-refractivity contribution in [2.45, 2.75) is 13.5 Å². The second-order valence-electron chi connectivity index (χ2n) is 2.58. The van der Waals surface area contributed by atoms with Crippen LogP contribution >= 0.6 is 0 Å². The highest BCUT2D eigenvalue weighted by atomic mass is 16.5. The second-order valence-corrected chi connectivity index (χ2v) is 2.58. The minimum atomic E-state index is -0.254. The Balaban J connectivity index is 0.000000396. The molecule has 0 radical (unpaired) electrons. The van der Waals surface area contributed by atoms with E-state index in [0.717, 1.165) is 11.3 Å². The molecule has 1 aliphatic rings. The summed E-state index contributed by atoms with van der Waals surface area (Å²) in [4.78, 5) is 15.0. The van der Waals surface area contributed by atoms with Crippen molar-refractivity contribution >= 4 is 5.97 Å². The Hall–Kier alpha value is -1.42. The maximum Gasteiger partial charge on any atom is 0.340 e. The number of aryl methyl sites for hydroxylation is 1. The van der Waals surface area contributed by atoms with Gasteiger partial charge in [0.15, 0.2) is 0 Å². The van der Waals surface area contributed by atoms with Gasteiger partial charge in [-0.05, 0) is 25.6 Å². The van der Waals surface area contributed by atoms with Crippen molar-refractivity contribution in [3.63, 3.8) is 0 Å². The van der Waals surface area contributed by atoms with Crippen LogP contribution in [0.5, 0.6) is 0 Å². The Kier molecular flexibility index (Phi) is 2.97. The minimum absolute atomic E-state index is 0.254. The molecule has 0 amide bonds. The van der Waals surface area contributed by atoms with Crippen molar-refractivity contribution in [2.75, 3.05) is 7.05 Å². The number of aromatic nitrogens is 1. The molecule has 4 nitrogen and oxygen atoms in total. The van der Waals surface area contributed by atoms with Gasteiger partial charge in [0, 0.05) is 6.20 Å². The lowest BCUT2D eigenvalue weighted by Gasteiger charge is -1.92. The van der Waals surface area contributed by atoms with Crippen LogP contribution < -0.4 is 5.73 Å². The lowest BCUT2D eigenvalue weighted by Crippen LogP contribution is -1.94. The number of rotatable bonds is 0. The third kappa shape index (κ3) is 1.84. The molecule has 0 bridgehead atoms. The Morgan fingerprint density at radius 3 is 2.92 bits per heavy atom. The van der Waals surface area contributed by atoms with Gasteiger partial charge in [0.2, 0.25) is 0 Å². The van der Waals surface area contributed by atoms with Crippen LogP contribution in [-0.4, -0.2) is 18.0 Å². The molecule has 0 atom stereocenters. The topological polar surface area (TPSA) is 65.2 Å². The van der Waals surface area contributed by atoms with Crippen LogP contribution in [0.15, 0.2) is 12.3 Å². The molecule has 1 aromatic heterocycles. The van der Waals surface area contributed by atoms with E-state index in [1.807, 2.05) is 6.92 Å². The fourth-order valence-corrected chi connectivity index (χ4v) is 1.10. The monoisotopic (exact) mass is 180 g/mol. The predicted molar refractivity (Wildman–Crippen MR) is 48.2 cm³/mol. The van der Waals surface area contributed by atoms with E-state index in [0.29, 0.717) is 12.2 Å². The van der Waals surface area contributed by atoms with E-state index >= 15 is 0 Å². The third-order valence-corrected chi connectivity index (χ3v) is 1.67. The molecule has 4 heteroatoms. The zero-order chi connectivity index (χ0) is 9.84. The van der Waals surface area contributed by atoms with Gasteiger partial charge in [-0.1, -0.05) is 0 Å². The van der Waals surface area contributed by atoms with Gasteiger partial charge in [-0.15, -0.1) is 0 Å². The first kappa shape index (κ1) is 9.67. The van der Waals surface area contributed by atoms with Crippen LogP contribution in [0.2, 0.25) is 0 Å². The Morgan fingerprint density at radius 1 is 1.54 bits per heavy atom. The lowest BCUT2D eigenvalue weighted by atomic mass is 10.2. The van der Waals surface area contributed by atoms with Gasteiger partial charge in [0.25, 0.3) is 0 Å². The van der Waals surface area contributed by atoms with Crippen molar-refractivity contribution in [3.8, 4) is 0 Å². The fourth-order valence-electron chi connectivity index (χ4n) is 1.10. The highest BCUT2D eigenvalue weighted by molar-refractivity contribution is 5.92. The zero-order valence-corrected chi connectivity index (χ0v) is 7.70. The van der Waals surface area contributed by atoms with E-state index in [1.54, 1.807) is 12.3 Å². The average Bonchev–Trinajstić information content (AvgIpc) is 2.52. The molecule has 0 aromatic carbocycles. The Bertz CT molecular complexity index is 323. The molecule has 0 fully saturated rings. The quantitative estimate of drug-likeness (QED) is 0.595. The molecule has 0 spiro atoms. The van der Waals surface area contributed by atoms with Crippen molar-refractivity contribution in [2.24, 2.45) is 5.73 Å². The first-order valence-corrected chi connectivity index (χ1v) is 3.98. The molecule has 2 rings (SSSR count). The number of fused-ring (bicyclic) bond motifs is 1. The summed E-state index contributed by atoms with van der Waals surface area (Å²) in [6.07, 6.45) is 1.74. The van der Waals surface area contributed by atoms with Gasteiger partial charge in [-0.25, -0.2) is 4.79 Å². The molecule has 1 aliphatic heterocycles. The number of carbonyl (C=O) groups excluding carboxylic acids is 1. The molecule has 1 aromatic rings. The second kappa shape index (κ2) is 4.00. The number of carbonyl (C=O) groups is 1. The number of nitrogens with zero attached hydrogens (tertiary/aromatic N) is 1. The van der Waals surface area contributed by atoms with Crippen LogP contribution in [0.1, 0.15) is 21.6 Å². The van der Waals surface area contributed by atoms with Crippen molar-refractivity contribution in [3.05, 3.63) is 29.1 Å². The van der Waals surface area contributed by atoms with Crippen LogP contribution in [0.3, 0.4) is 0 Å². The molecule has 0 saturated carbocycles. The van der Waals surface area contributed by atoms with Crippen molar-refractivity contribution in [1.82, 2.24) is 4.98 Å². The molecule has 2 N–H and O–H groups in total. The summed E-state index contributed by atoms with van der Waals surface area (Å²) in [6.45, 7) is 2.23. The summed E-state index contributed by atoms with van der Waals surface area (Å²) in [6, 6.07) is 1.80.